The number of nitrogens with two attached hydrogens (primary N) is 1. The molecule has 0 unspecified atom stereocenters. The Labute approximate surface area is 224 Å². The summed E-state index contributed by atoms with van der Waals surface area (Å²) in [4.78, 5) is 49.5. The Hall–Kier alpha value is -3.34. The van der Waals surface area contributed by atoms with E-state index >= 15 is 0 Å². The SMILES string of the molecule is COC(=O)[C@@]1(NC(=O)OC(C)(C)C)CCc2cccc(OC[C@@H](C)CNC(=O)[C@H](C)NC(=O)[C@H](C)N)c2C1. The molecule has 0 bridgehead atoms. The number of carbonyl (C=O) groups excluding carboxylic acids is 4. The zero-order valence-corrected chi connectivity index (χ0v) is 23.4. The summed E-state index contributed by atoms with van der Waals surface area (Å²) in [6, 6.07) is 4.25. The number of rotatable bonds is 10. The van der Waals surface area contributed by atoms with Gasteiger partial charge in [-0.1, -0.05) is 19.1 Å². The minimum atomic E-state index is -1.29. The van der Waals surface area contributed by atoms with Crippen LogP contribution in [0.3, 0.4) is 0 Å². The first-order chi connectivity index (χ1) is 17.7. The van der Waals surface area contributed by atoms with Gasteiger partial charge >= 0.3 is 12.1 Å². The van der Waals surface area contributed by atoms with Crippen LogP contribution >= 0.6 is 0 Å². The molecule has 0 spiro atoms. The van der Waals surface area contributed by atoms with E-state index in [1.807, 2.05) is 25.1 Å². The number of esters is 1. The average molecular weight is 535 g/mol. The van der Waals surface area contributed by atoms with Gasteiger partial charge in [0, 0.05) is 24.4 Å². The van der Waals surface area contributed by atoms with E-state index in [1.165, 1.54) is 7.11 Å². The lowest BCUT2D eigenvalue weighted by atomic mass is 9.77. The molecule has 11 nitrogen and oxygen atoms in total. The zero-order chi connectivity index (χ0) is 28.7. The molecule has 0 fully saturated rings. The standard InChI is InChI=1S/C27H42N4O7/c1-16(14-29-23(33)18(3)30-22(32)17(2)28)15-37-21-10-8-9-19-11-12-27(13-20(19)21,24(34)36-7)31-25(35)38-26(4,5)6/h8-10,16-18H,11-15,28H2,1-7H3,(H,29,33)(H,30,32)(H,31,35)/t16-,17-,18-,27+/m0/s1. The predicted molar refractivity (Wildman–Crippen MR) is 142 cm³/mol. The number of carbonyl (C=O) groups is 4. The van der Waals surface area contributed by atoms with Crippen LogP contribution < -0.4 is 26.4 Å². The van der Waals surface area contributed by atoms with Crippen molar-refractivity contribution in [1.82, 2.24) is 16.0 Å². The van der Waals surface area contributed by atoms with Gasteiger partial charge in [0.05, 0.1) is 19.8 Å². The molecule has 38 heavy (non-hydrogen) atoms. The lowest BCUT2D eigenvalue weighted by Crippen LogP contribution is -2.59. The second-order valence-electron chi connectivity index (χ2n) is 11.0. The van der Waals surface area contributed by atoms with Gasteiger partial charge in [-0.15, -0.1) is 0 Å². The van der Waals surface area contributed by atoms with E-state index < -0.39 is 41.2 Å². The molecule has 1 aromatic rings. The van der Waals surface area contributed by atoms with Crippen LogP contribution in [0.1, 0.15) is 59.1 Å². The number of nitrogens with one attached hydrogen (secondary N) is 3. The molecule has 0 saturated heterocycles. The summed E-state index contributed by atoms with van der Waals surface area (Å²) in [6.45, 7) is 10.9. The van der Waals surface area contributed by atoms with Gasteiger partial charge in [0.1, 0.15) is 22.9 Å². The average Bonchev–Trinajstić information content (AvgIpc) is 2.83. The van der Waals surface area contributed by atoms with Gasteiger partial charge in [0.25, 0.3) is 0 Å². The van der Waals surface area contributed by atoms with Gasteiger partial charge < -0.3 is 35.9 Å². The molecule has 0 aliphatic heterocycles. The summed E-state index contributed by atoms with van der Waals surface area (Å²) in [5, 5.41) is 8.12. The van der Waals surface area contributed by atoms with Crippen LogP contribution in [0.25, 0.3) is 0 Å². The lowest BCUT2D eigenvalue weighted by Gasteiger charge is -2.37. The number of hydrogen-bond donors (Lipinski definition) is 4. The molecule has 1 aliphatic rings. The summed E-state index contributed by atoms with van der Waals surface area (Å²) >= 11 is 0. The Morgan fingerprint density at radius 3 is 2.39 bits per heavy atom. The van der Waals surface area contributed by atoms with E-state index in [9.17, 15) is 19.2 Å². The molecule has 1 aliphatic carbocycles. The van der Waals surface area contributed by atoms with E-state index in [0.29, 0.717) is 31.7 Å². The van der Waals surface area contributed by atoms with E-state index in [4.69, 9.17) is 19.9 Å². The molecule has 212 valence electrons. The highest BCUT2D eigenvalue weighted by Crippen LogP contribution is 2.36. The summed E-state index contributed by atoms with van der Waals surface area (Å²) in [5.41, 5.74) is 5.35. The lowest BCUT2D eigenvalue weighted by molar-refractivity contribution is -0.149. The molecule has 0 heterocycles. The molecule has 0 saturated carbocycles. The second-order valence-corrected chi connectivity index (χ2v) is 11.0. The molecule has 3 amide bonds. The first-order valence-corrected chi connectivity index (χ1v) is 12.8. The number of methoxy groups -OCH3 is 1. The number of ether oxygens (including phenoxy) is 3. The van der Waals surface area contributed by atoms with Crippen molar-refractivity contribution in [2.75, 3.05) is 20.3 Å². The monoisotopic (exact) mass is 534 g/mol. The fourth-order valence-electron chi connectivity index (χ4n) is 4.07. The van der Waals surface area contributed by atoms with Crippen LogP contribution in [0.4, 0.5) is 4.79 Å². The predicted octanol–water partition coefficient (Wildman–Crippen LogP) is 1.59. The number of hydrogen-bond acceptors (Lipinski definition) is 8. The Kier molecular flexibility index (Phi) is 10.5. The first-order valence-electron chi connectivity index (χ1n) is 12.8. The fraction of sp³-hybridized carbons (Fsp3) is 0.630. The summed E-state index contributed by atoms with van der Waals surface area (Å²) in [6.07, 6.45) is 0.385. The number of amides is 3. The Morgan fingerprint density at radius 1 is 1.11 bits per heavy atom. The van der Waals surface area contributed by atoms with Crippen molar-refractivity contribution >= 4 is 23.9 Å². The molecule has 1 aromatic carbocycles. The van der Waals surface area contributed by atoms with Crippen molar-refractivity contribution < 1.29 is 33.4 Å². The maximum atomic E-state index is 12.9. The maximum Gasteiger partial charge on any atom is 0.408 e. The van der Waals surface area contributed by atoms with Crippen molar-refractivity contribution in [1.29, 1.82) is 0 Å². The normalized spacial score (nSPS) is 19.2. The Morgan fingerprint density at radius 2 is 1.79 bits per heavy atom. The quantitative estimate of drug-likeness (QED) is 0.330. The topological polar surface area (TPSA) is 158 Å². The summed E-state index contributed by atoms with van der Waals surface area (Å²) < 4.78 is 16.6. The summed E-state index contributed by atoms with van der Waals surface area (Å²) in [7, 11) is 1.29. The zero-order valence-electron chi connectivity index (χ0n) is 23.4. The van der Waals surface area contributed by atoms with Crippen LogP contribution in [-0.2, 0) is 36.7 Å². The molecule has 11 heteroatoms. The van der Waals surface area contributed by atoms with E-state index in [1.54, 1.807) is 34.6 Å². The van der Waals surface area contributed by atoms with Crippen LogP contribution in [-0.4, -0.2) is 67.4 Å². The van der Waals surface area contributed by atoms with Gasteiger partial charge in [0.2, 0.25) is 11.8 Å². The van der Waals surface area contributed by atoms with Crippen molar-refractivity contribution in [3.05, 3.63) is 29.3 Å². The van der Waals surface area contributed by atoms with E-state index in [0.717, 1.165) is 11.1 Å². The molecule has 0 radical (unpaired) electrons. The third kappa shape index (κ3) is 8.61. The van der Waals surface area contributed by atoms with Crippen LogP contribution in [0.15, 0.2) is 18.2 Å². The van der Waals surface area contributed by atoms with Gasteiger partial charge in [0.15, 0.2) is 0 Å². The van der Waals surface area contributed by atoms with E-state index in [-0.39, 0.29) is 18.2 Å². The van der Waals surface area contributed by atoms with Gasteiger partial charge in [-0.2, -0.15) is 0 Å². The van der Waals surface area contributed by atoms with E-state index in [2.05, 4.69) is 16.0 Å². The Bertz CT molecular complexity index is 1020. The first kappa shape index (κ1) is 30.9. The minimum Gasteiger partial charge on any atom is -0.493 e. The molecular formula is C27H42N4O7. The van der Waals surface area contributed by atoms with Crippen LogP contribution in [0, 0.1) is 5.92 Å². The highest BCUT2D eigenvalue weighted by molar-refractivity contribution is 5.89. The molecule has 5 N–H and O–H groups in total. The second kappa shape index (κ2) is 12.9. The molecule has 4 atom stereocenters. The largest absolute Gasteiger partial charge is 0.493 e. The highest BCUT2D eigenvalue weighted by atomic mass is 16.6. The Balaban J connectivity index is 2.06. The molecule has 2 rings (SSSR count). The maximum absolute atomic E-state index is 12.9. The van der Waals surface area contributed by atoms with Gasteiger partial charge in [-0.05, 0) is 59.1 Å². The fourth-order valence-corrected chi connectivity index (χ4v) is 4.07. The minimum absolute atomic E-state index is 0.0556. The third-order valence-corrected chi connectivity index (χ3v) is 6.16. The highest BCUT2D eigenvalue weighted by Gasteiger charge is 2.45. The smallest absolute Gasteiger partial charge is 0.408 e. The number of alkyl carbamates (subject to hydrolysis) is 1. The van der Waals surface area contributed by atoms with Gasteiger partial charge in [-0.3, -0.25) is 9.59 Å². The number of fused-ring (bicyclic) bond motifs is 1. The molecule has 0 aromatic heterocycles. The van der Waals surface area contributed by atoms with Crippen molar-refractivity contribution in [3.8, 4) is 5.75 Å². The summed E-state index contributed by atoms with van der Waals surface area (Å²) in [5.74, 6) is -0.733. The molecular weight excluding hydrogens is 492 g/mol. The van der Waals surface area contributed by atoms with Crippen LogP contribution in [0.5, 0.6) is 5.75 Å². The van der Waals surface area contributed by atoms with Crippen molar-refractivity contribution in [2.24, 2.45) is 11.7 Å². The third-order valence-electron chi connectivity index (χ3n) is 6.16. The number of aryl methyl sites for hydroxylation is 1. The van der Waals surface area contributed by atoms with Crippen molar-refractivity contribution in [3.63, 3.8) is 0 Å². The van der Waals surface area contributed by atoms with Crippen LogP contribution in [0.2, 0.25) is 0 Å². The van der Waals surface area contributed by atoms with Gasteiger partial charge in [-0.25, -0.2) is 9.59 Å². The number of benzene rings is 1. The van der Waals surface area contributed by atoms with Crippen molar-refractivity contribution in [2.45, 2.75) is 84.0 Å².